The van der Waals surface area contributed by atoms with Crippen molar-refractivity contribution in [2.75, 3.05) is 0 Å². The van der Waals surface area contributed by atoms with Gasteiger partial charge >= 0.3 is 0 Å². The molecule has 1 aliphatic carbocycles. The first kappa shape index (κ1) is 15.1. The Bertz CT molecular complexity index is 986. The molecule has 0 bridgehead atoms. The van der Waals surface area contributed by atoms with Crippen LogP contribution in [0.4, 0.5) is 0 Å². The predicted octanol–water partition coefficient (Wildman–Crippen LogP) is 1.52. The summed E-state index contributed by atoms with van der Waals surface area (Å²) in [6.07, 6.45) is 0.896. The van der Waals surface area contributed by atoms with Gasteiger partial charge in [0.25, 0.3) is 11.3 Å². The Kier molecular flexibility index (Phi) is 3.49. The molecule has 124 valence electrons. The van der Waals surface area contributed by atoms with Crippen molar-refractivity contribution in [3.63, 3.8) is 0 Å². The quantitative estimate of drug-likeness (QED) is 0.751. The number of nitrogens with one attached hydrogen (secondary N) is 2. The summed E-state index contributed by atoms with van der Waals surface area (Å²) < 4.78 is 1.28. The number of amides is 1. The average Bonchev–Trinajstić information content (AvgIpc) is 3.03. The lowest BCUT2D eigenvalue weighted by atomic mass is 10.2. The highest BCUT2D eigenvalue weighted by molar-refractivity contribution is 7.10. The maximum atomic E-state index is 12.3. The van der Waals surface area contributed by atoms with Gasteiger partial charge in [-0.25, -0.2) is 4.98 Å². The third-order valence-corrected chi connectivity index (χ3v) is 5.45. The van der Waals surface area contributed by atoms with Crippen molar-refractivity contribution in [2.45, 2.75) is 32.7 Å². The summed E-state index contributed by atoms with van der Waals surface area (Å²) >= 11 is 1.72. The second-order valence-electron chi connectivity index (χ2n) is 6.18. The highest BCUT2D eigenvalue weighted by atomic mass is 32.1. The van der Waals surface area contributed by atoms with Gasteiger partial charge in [-0.05, 0) is 37.3 Å². The van der Waals surface area contributed by atoms with E-state index in [-0.39, 0.29) is 23.9 Å². The summed E-state index contributed by atoms with van der Waals surface area (Å²) in [5, 5.41) is 7.84. The molecule has 0 radical (unpaired) electrons. The summed E-state index contributed by atoms with van der Waals surface area (Å²) in [4.78, 5) is 33.9. The van der Waals surface area contributed by atoms with Crippen LogP contribution in [0.1, 0.15) is 34.3 Å². The number of carbonyl (C=O) groups is 1. The molecule has 3 aromatic rings. The number of rotatable bonds is 4. The van der Waals surface area contributed by atoms with Gasteiger partial charge in [0.15, 0.2) is 0 Å². The molecule has 1 fully saturated rings. The molecule has 0 saturated heterocycles. The first-order valence-electron chi connectivity index (χ1n) is 7.80. The molecule has 3 aromatic heterocycles. The minimum Gasteiger partial charge on any atom is -0.349 e. The minimum absolute atomic E-state index is 0.0322. The van der Waals surface area contributed by atoms with Gasteiger partial charge in [-0.15, -0.1) is 11.3 Å². The van der Waals surface area contributed by atoms with Crippen LogP contribution in [-0.4, -0.2) is 25.5 Å². The van der Waals surface area contributed by atoms with E-state index in [2.05, 4.69) is 38.8 Å². The van der Waals surface area contributed by atoms with E-state index in [0.717, 1.165) is 6.42 Å². The maximum absolute atomic E-state index is 12.3. The maximum Gasteiger partial charge on any atom is 0.274 e. The number of thiophene rings is 1. The van der Waals surface area contributed by atoms with Crippen molar-refractivity contribution < 1.29 is 4.79 Å². The summed E-state index contributed by atoms with van der Waals surface area (Å²) in [7, 11) is 0. The van der Waals surface area contributed by atoms with Crippen LogP contribution in [-0.2, 0) is 11.3 Å². The lowest BCUT2D eigenvalue weighted by molar-refractivity contribution is -0.122. The van der Waals surface area contributed by atoms with Crippen LogP contribution < -0.4 is 10.9 Å². The molecule has 2 N–H and O–H groups in total. The number of aryl methyl sites for hydroxylation is 2. The summed E-state index contributed by atoms with van der Waals surface area (Å²) in [6.45, 7) is 4.09. The van der Waals surface area contributed by atoms with Crippen LogP contribution in [0.5, 0.6) is 0 Å². The SMILES string of the molecule is Cc1cc(=O)n2[nH]c(CNC(=O)C3CC3c3sccc3C)nc2n1. The van der Waals surface area contributed by atoms with Crippen molar-refractivity contribution in [3.8, 4) is 0 Å². The summed E-state index contributed by atoms with van der Waals surface area (Å²) in [5.74, 6) is 1.25. The number of aromatic nitrogens is 4. The van der Waals surface area contributed by atoms with Crippen LogP contribution >= 0.6 is 11.3 Å². The second kappa shape index (κ2) is 5.55. The van der Waals surface area contributed by atoms with E-state index in [1.807, 2.05) is 0 Å². The number of hydrogen-bond acceptors (Lipinski definition) is 5. The molecule has 7 nitrogen and oxygen atoms in total. The van der Waals surface area contributed by atoms with E-state index >= 15 is 0 Å². The molecular weight excluding hydrogens is 326 g/mol. The number of nitrogens with zero attached hydrogens (tertiary/aromatic N) is 3. The molecule has 4 rings (SSSR count). The Morgan fingerprint density at radius 3 is 3.04 bits per heavy atom. The Labute approximate surface area is 141 Å². The Morgan fingerprint density at radius 2 is 2.29 bits per heavy atom. The fraction of sp³-hybridized carbons (Fsp3) is 0.375. The van der Waals surface area contributed by atoms with Gasteiger partial charge in [-0.2, -0.15) is 9.50 Å². The third kappa shape index (κ3) is 2.62. The lowest BCUT2D eigenvalue weighted by Crippen LogP contribution is -2.25. The number of H-pyrrole nitrogens is 1. The van der Waals surface area contributed by atoms with E-state index in [4.69, 9.17) is 0 Å². The van der Waals surface area contributed by atoms with E-state index < -0.39 is 0 Å². The van der Waals surface area contributed by atoms with E-state index in [9.17, 15) is 9.59 Å². The Hall–Kier alpha value is -2.48. The van der Waals surface area contributed by atoms with Gasteiger partial charge in [0.1, 0.15) is 5.82 Å². The molecule has 8 heteroatoms. The molecule has 1 aliphatic rings. The summed E-state index contributed by atoms with van der Waals surface area (Å²) in [6, 6.07) is 3.53. The molecule has 24 heavy (non-hydrogen) atoms. The topological polar surface area (TPSA) is 92.2 Å². The lowest BCUT2D eigenvalue weighted by Gasteiger charge is -2.02. The molecule has 0 aromatic carbocycles. The standard InChI is InChI=1S/C16H17N5O2S/c1-8-3-4-24-14(8)10-6-11(10)15(23)17-7-12-19-16-18-9(2)5-13(22)21(16)20-12/h3-5,10-11H,6-7H2,1-2H3,(H,17,23)(H,18,19,20). The monoisotopic (exact) mass is 343 g/mol. The summed E-state index contributed by atoms with van der Waals surface area (Å²) in [5.41, 5.74) is 1.67. The highest BCUT2D eigenvalue weighted by Gasteiger charge is 2.45. The van der Waals surface area contributed by atoms with Crippen molar-refractivity contribution in [2.24, 2.45) is 5.92 Å². The van der Waals surface area contributed by atoms with Crippen molar-refractivity contribution in [1.82, 2.24) is 24.9 Å². The van der Waals surface area contributed by atoms with Gasteiger partial charge in [0, 0.05) is 28.5 Å². The average molecular weight is 343 g/mol. The Balaban J connectivity index is 1.42. The second-order valence-corrected chi connectivity index (χ2v) is 7.12. The van der Waals surface area contributed by atoms with Gasteiger partial charge in [0.2, 0.25) is 5.91 Å². The van der Waals surface area contributed by atoms with E-state index in [0.29, 0.717) is 23.2 Å². The first-order valence-corrected chi connectivity index (χ1v) is 8.68. The molecule has 2 unspecified atom stereocenters. The zero-order valence-corrected chi connectivity index (χ0v) is 14.2. The number of fused-ring (bicyclic) bond motifs is 1. The smallest absolute Gasteiger partial charge is 0.274 e. The van der Waals surface area contributed by atoms with Gasteiger partial charge < -0.3 is 5.32 Å². The Morgan fingerprint density at radius 1 is 1.46 bits per heavy atom. The van der Waals surface area contributed by atoms with Gasteiger partial charge in [-0.1, -0.05) is 0 Å². The molecule has 0 aliphatic heterocycles. The normalized spacial score (nSPS) is 19.6. The number of aromatic amines is 1. The zero-order chi connectivity index (χ0) is 16.8. The van der Waals surface area contributed by atoms with Crippen molar-refractivity contribution >= 4 is 23.0 Å². The minimum atomic E-state index is -0.210. The first-order chi connectivity index (χ1) is 11.5. The van der Waals surface area contributed by atoms with E-state index in [1.165, 1.54) is 21.0 Å². The highest BCUT2D eigenvalue weighted by Crippen LogP contribution is 2.50. The van der Waals surface area contributed by atoms with Gasteiger partial charge in [0.05, 0.1) is 6.54 Å². The largest absolute Gasteiger partial charge is 0.349 e. The van der Waals surface area contributed by atoms with Gasteiger partial charge in [-0.3, -0.25) is 14.7 Å². The van der Waals surface area contributed by atoms with Crippen LogP contribution in [0.2, 0.25) is 0 Å². The van der Waals surface area contributed by atoms with Crippen molar-refractivity contribution in [1.29, 1.82) is 0 Å². The van der Waals surface area contributed by atoms with Crippen molar-refractivity contribution in [3.05, 3.63) is 49.8 Å². The fourth-order valence-electron chi connectivity index (χ4n) is 2.96. The fourth-order valence-corrected chi connectivity index (χ4v) is 4.06. The molecule has 0 spiro atoms. The van der Waals surface area contributed by atoms with E-state index in [1.54, 1.807) is 18.3 Å². The van der Waals surface area contributed by atoms with Crippen LogP contribution in [0.25, 0.3) is 5.78 Å². The number of carbonyl (C=O) groups excluding carboxylic acids is 1. The third-order valence-electron chi connectivity index (χ3n) is 4.30. The zero-order valence-electron chi connectivity index (χ0n) is 13.4. The molecule has 2 atom stereocenters. The van der Waals surface area contributed by atoms with Crippen LogP contribution in [0.15, 0.2) is 22.3 Å². The van der Waals surface area contributed by atoms with Crippen LogP contribution in [0, 0.1) is 19.8 Å². The molecule has 1 amide bonds. The van der Waals surface area contributed by atoms with Crippen LogP contribution in [0.3, 0.4) is 0 Å². The molecule has 3 heterocycles. The molecule has 1 saturated carbocycles. The predicted molar refractivity (Wildman–Crippen MR) is 90.1 cm³/mol. The number of hydrogen-bond donors (Lipinski definition) is 2. The molecular formula is C16H17N5O2S.